The molecule has 2 heterocycles. The first-order valence-electron chi connectivity index (χ1n) is 9.77. The molecule has 0 bridgehead atoms. The normalized spacial score (nSPS) is 28.4. The standard InChI is InChI=1S/C23H30N2O/c1-16-6-5-7-21(24-16)25-14-17-12-23(26,13-18(17)15-25)20-10-8-19(9-11-20)22(2,3)4/h5-11,17-18,26H,12-15H2,1-4H3. The van der Waals surface area contributed by atoms with Gasteiger partial charge < -0.3 is 10.0 Å². The number of hydrogen-bond acceptors (Lipinski definition) is 3. The van der Waals surface area contributed by atoms with Crippen molar-refractivity contribution in [3.05, 3.63) is 59.3 Å². The SMILES string of the molecule is Cc1cccc(N2CC3CC(O)(c4ccc(C(C)(C)C)cc4)CC3C2)n1. The van der Waals surface area contributed by atoms with E-state index in [0.717, 1.165) is 43.0 Å². The van der Waals surface area contributed by atoms with E-state index in [-0.39, 0.29) is 5.41 Å². The van der Waals surface area contributed by atoms with Crippen LogP contribution in [0, 0.1) is 18.8 Å². The number of anilines is 1. The van der Waals surface area contributed by atoms with Crippen LogP contribution in [0.3, 0.4) is 0 Å². The van der Waals surface area contributed by atoms with Crippen molar-refractivity contribution in [3.8, 4) is 0 Å². The Morgan fingerprint density at radius 3 is 2.15 bits per heavy atom. The second-order valence-electron chi connectivity index (χ2n) is 9.33. The quantitative estimate of drug-likeness (QED) is 0.871. The van der Waals surface area contributed by atoms with Gasteiger partial charge in [0.1, 0.15) is 5.82 Å². The largest absolute Gasteiger partial charge is 0.385 e. The molecule has 2 atom stereocenters. The number of benzene rings is 1. The van der Waals surface area contributed by atoms with E-state index in [9.17, 15) is 5.11 Å². The zero-order chi connectivity index (χ0) is 18.5. The molecule has 4 rings (SSSR count). The summed E-state index contributed by atoms with van der Waals surface area (Å²) in [5.41, 5.74) is 2.95. The summed E-state index contributed by atoms with van der Waals surface area (Å²) in [5, 5.41) is 11.3. The van der Waals surface area contributed by atoms with E-state index in [0.29, 0.717) is 11.8 Å². The van der Waals surface area contributed by atoms with Gasteiger partial charge in [0.05, 0.1) is 5.60 Å². The molecule has 1 aromatic heterocycles. The first-order valence-corrected chi connectivity index (χ1v) is 9.77. The number of rotatable bonds is 2. The monoisotopic (exact) mass is 350 g/mol. The molecule has 3 heteroatoms. The molecule has 0 amide bonds. The van der Waals surface area contributed by atoms with Crippen LogP contribution in [0.2, 0.25) is 0 Å². The summed E-state index contributed by atoms with van der Waals surface area (Å²) in [4.78, 5) is 7.07. The summed E-state index contributed by atoms with van der Waals surface area (Å²) < 4.78 is 0. The van der Waals surface area contributed by atoms with Crippen molar-refractivity contribution in [1.29, 1.82) is 0 Å². The van der Waals surface area contributed by atoms with Crippen LogP contribution >= 0.6 is 0 Å². The van der Waals surface area contributed by atoms with Crippen molar-refractivity contribution in [2.45, 2.75) is 51.6 Å². The molecule has 2 unspecified atom stereocenters. The van der Waals surface area contributed by atoms with Crippen LogP contribution in [0.25, 0.3) is 0 Å². The van der Waals surface area contributed by atoms with Crippen molar-refractivity contribution >= 4 is 5.82 Å². The maximum Gasteiger partial charge on any atom is 0.128 e. The highest BCUT2D eigenvalue weighted by atomic mass is 16.3. The highest BCUT2D eigenvalue weighted by Crippen LogP contribution is 2.49. The third-order valence-corrected chi connectivity index (χ3v) is 6.26. The van der Waals surface area contributed by atoms with Crippen LogP contribution in [0.4, 0.5) is 5.82 Å². The minimum Gasteiger partial charge on any atom is -0.385 e. The topological polar surface area (TPSA) is 36.4 Å². The molecule has 26 heavy (non-hydrogen) atoms. The Hall–Kier alpha value is -1.87. The second kappa shape index (κ2) is 6.09. The fourth-order valence-corrected chi connectivity index (χ4v) is 4.76. The molecular weight excluding hydrogens is 320 g/mol. The van der Waals surface area contributed by atoms with Crippen LogP contribution in [-0.2, 0) is 11.0 Å². The highest BCUT2D eigenvalue weighted by Gasteiger charge is 2.49. The summed E-state index contributed by atoms with van der Waals surface area (Å²) in [6.07, 6.45) is 1.71. The average Bonchev–Trinajstić information content (AvgIpc) is 3.10. The van der Waals surface area contributed by atoms with E-state index in [1.165, 1.54) is 5.56 Å². The van der Waals surface area contributed by atoms with Crippen molar-refractivity contribution in [1.82, 2.24) is 4.98 Å². The van der Waals surface area contributed by atoms with Gasteiger partial charge in [-0.2, -0.15) is 0 Å². The zero-order valence-corrected chi connectivity index (χ0v) is 16.4. The Bertz CT molecular complexity index is 777. The molecule has 1 saturated heterocycles. The van der Waals surface area contributed by atoms with E-state index >= 15 is 0 Å². The van der Waals surface area contributed by atoms with Gasteiger partial charge in [0.25, 0.3) is 0 Å². The number of hydrogen-bond donors (Lipinski definition) is 1. The van der Waals surface area contributed by atoms with Crippen LogP contribution in [0.1, 0.15) is 50.4 Å². The van der Waals surface area contributed by atoms with Crippen molar-refractivity contribution in [3.63, 3.8) is 0 Å². The summed E-state index contributed by atoms with van der Waals surface area (Å²) in [6.45, 7) is 10.7. The van der Waals surface area contributed by atoms with Gasteiger partial charge in [-0.1, -0.05) is 51.1 Å². The third-order valence-electron chi connectivity index (χ3n) is 6.26. The van der Waals surface area contributed by atoms with Gasteiger partial charge in [-0.15, -0.1) is 0 Å². The number of aliphatic hydroxyl groups is 1. The summed E-state index contributed by atoms with van der Waals surface area (Å²) in [5.74, 6) is 2.17. The molecule has 1 aromatic carbocycles. The molecule has 1 N–H and O–H groups in total. The Morgan fingerprint density at radius 1 is 1.00 bits per heavy atom. The fourth-order valence-electron chi connectivity index (χ4n) is 4.76. The number of nitrogens with zero attached hydrogens (tertiary/aromatic N) is 2. The number of aromatic nitrogens is 1. The highest BCUT2D eigenvalue weighted by molar-refractivity contribution is 5.42. The summed E-state index contributed by atoms with van der Waals surface area (Å²) in [6, 6.07) is 14.9. The molecule has 1 saturated carbocycles. The van der Waals surface area contributed by atoms with E-state index in [2.05, 4.69) is 67.1 Å². The Kier molecular flexibility index (Phi) is 4.11. The average molecular weight is 351 g/mol. The molecule has 0 radical (unpaired) electrons. The number of pyridine rings is 1. The molecule has 1 aliphatic heterocycles. The molecule has 2 aliphatic rings. The summed E-state index contributed by atoms with van der Waals surface area (Å²) in [7, 11) is 0. The van der Waals surface area contributed by atoms with Gasteiger partial charge in [-0.3, -0.25) is 0 Å². The third kappa shape index (κ3) is 3.14. The van der Waals surface area contributed by atoms with Gasteiger partial charge in [-0.05, 0) is 60.3 Å². The summed E-state index contributed by atoms with van der Waals surface area (Å²) >= 11 is 0. The lowest BCUT2D eigenvalue weighted by molar-refractivity contribution is 0.0365. The lowest BCUT2D eigenvalue weighted by Crippen LogP contribution is -2.28. The maximum absolute atomic E-state index is 11.3. The minimum absolute atomic E-state index is 0.147. The molecular formula is C23H30N2O. The lowest BCUT2D eigenvalue weighted by Gasteiger charge is -2.28. The molecule has 138 valence electrons. The fraction of sp³-hybridized carbons (Fsp3) is 0.522. The molecule has 3 nitrogen and oxygen atoms in total. The minimum atomic E-state index is -0.669. The van der Waals surface area contributed by atoms with Crippen LogP contribution in [0.5, 0.6) is 0 Å². The van der Waals surface area contributed by atoms with Gasteiger partial charge in [0.2, 0.25) is 0 Å². The molecule has 0 spiro atoms. The predicted octanol–water partition coefficient (Wildman–Crippen LogP) is 4.42. The Balaban J connectivity index is 1.48. The van der Waals surface area contributed by atoms with Gasteiger partial charge in [-0.25, -0.2) is 4.98 Å². The first-order chi connectivity index (χ1) is 12.2. The lowest BCUT2D eigenvalue weighted by atomic mass is 9.84. The van der Waals surface area contributed by atoms with Gasteiger partial charge in [0, 0.05) is 18.8 Å². The van der Waals surface area contributed by atoms with E-state index in [1.54, 1.807) is 0 Å². The van der Waals surface area contributed by atoms with Crippen LogP contribution in [-0.4, -0.2) is 23.2 Å². The van der Waals surface area contributed by atoms with E-state index in [4.69, 9.17) is 0 Å². The number of fused-ring (bicyclic) bond motifs is 1. The predicted molar refractivity (Wildman–Crippen MR) is 106 cm³/mol. The molecule has 1 aliphatic carbocycles. The smallest absolute Gasteiger partial charge is 0.128 e. The van der Waals surface area contributed by atoms with E-state index < -0.39 is 5.60 Å². The Labute approximate surface area is 157 Å². The van der Waals surface area contributed by atoms with Gasteiger partial charge >= 0.3 is 0 Å². The van der Waals surface area contributed by atoms with E-state index in [1.807, 2.05) is 13.0 Å². The second-order valence-corrected chi connectivity index (χ2v) is 9.33. The van der Waals surface area contributed by atoms with Crippen molar-refractivity contribution in [2.24, 2.45) is 11.8 Å². The molecule has 2 fully saturated rings. The maximum atomic E-state index is 11.3. The van der Waals surface area contributed by atoms with Crippen LogP contribution < -0.4 is 4.90 Å². The molecule has 2 aromatic rings. The van der Waals surface area contributed by atoms with Gasteiger partial charge in [0.15, 0.2) is 0 Å². The first kappa shape index (κ1) is 17.5. The Morgan fingerprint density at radius 2 is 1.62 bits per heavy atom. The van der Waals surface area contributed by atoms with Crippen molar-refractivity contribution < 1.29 is 5.11 Å². The van der Waals surface area contributed by atoms with Crippen LogP contribution in [0.15, 0.2) is 42.5 Å². The van der Waals surface area contributed by atoms with Crippen molar-refractivity contribution in [2.75, 3.05) is 18.0 Å². The number of aryl methyl sites for hydroxylation is 1. The zero-order valence-electron chi connectivity index (χ0n) is 16.4.